The van der Waals surface area contributed by atoms with Gasteiger partial charge in [-0.15, -0.1) is 11.6 Å². The van der Waals surface area contributed by atoms with E-state index >= 15 is 0 Å². The van der Waals surface area contributed by atoms with Crippen LogP contribution in [0.5, 0.6) is 0 Å². The van der Waals surface area contributed by atoms with E-state index in [2.05, 4.69) is 0 Å². The van der Waals surface area contributed by atoms with Gasteiger partial charge in [0.25, 0.3) is 0 Å². The summed E-state index contributed by atoms with van der Waals surface area (Å²) in [5.41, 5.74) is 0. The van der Waals surface area contributed by atoms with Crippen molar-refractivity contribution in [2.24, 2.45) is 11.8 Å². The molecule has 0 N–H and O–H groups in total. The van der Waals surface area contributed by atoms with Gasteiger partial charge in [-0.3, -0.25) is 4.79 Å². The molecule has 0 aromatic heterocycles. The number of halogens is 1. The fourth-order valence-electron chi connectivity index (χ4n) is 1.98. The molecule has 0 aromatic rings. The van der Waals surface area contributed by atoms with Crippen molar-refractivity contribution in [2.45, 2.75) is 0 Å². The van der Waals surface area contributed by atoms with Gasteiger partial charge in [-0.2, -0.15) is 11.8 Å². The molecule has 1 amide bonds. The van der Waals surface area contributed by atoms with Crippen molar-refractivity contribution >= 4 is 29.3 Å². The lowest BCUT2D eigenvalue weighted by Gasteiger charge is -2.14. The fraction of sp³-hybridized carbons (Fsp3) is 0.875. The number of carbonyl (C=O) groups excluding carboxylic acids is 1. The Morgan fingerprint density at radius 2 is 2.00 bits per heavy atom. The molecule has 2 nitrogen and oxygen atoms in total. The zero-order valence-corrected chi connectivity index (χ0v) is 8.40. The summed E-state index contributed by atoms with van der Waals surface area (Å²) >= 11 is 7.51. The van der Waals surface area contributed by atoms with E-state index in [-0.39, 0.29) is 11.8 Å². The summed E-state index contributed by atoms with van der Waals surface area (Å²) in [5, 5.41) is 0. The van der Waals surface area contributed by atoms with Gasteiger partial charge >= 0.3 is 0 Å². The van der Waals surface area contributed by atoms with Crippen LogP contribution in [0.25, 0.3) is 0 Å². The van der Waals surface area contributed by atoms with Crippen molar-refractivity contribution in [3.05, 3.63) is 0 Å². The molecular formula is C8H12ClNOS. The molecule has 0 radical (unpaired) electrons. The summed E-state index contributed by atoms with van der Waals surface area (Å²) in [6, 6.07) is 0. The third-order valence-corrected chi connectivity index (χ3v) is 4.26. The van der Waals surface area contributed by atoms with Gasteiger partial charge < -0.3 is 4.90 Å². The lowest BCUT2D eigenvalue weighted by Crippen LogP contribution is -2.30. The Bertz CT molecular complexity index is 187. The summed E-state index contributed by atoms with van der Waals surface area (Å²) in [7, 11) is 0. The molecule has 0 spiro atoms. The first-order valence-corrected chi connectivity index (χ1v) is 5.91. The van der Waals surface area contributed by atoms with Gasteiger partial charge in [-0.1, -0.05) is 0 Å². The number of likely N-dealkylation sites (tertiary alicyclic amines) is 1. The van der Waals surface area contributed by atoms with Crippen molar-refractivity contribution in [1.29, 1.82) is 0 Å². The number of hydrogen-bond donors (Lipinski definition) is 0. The molecule has 4 heteroatoms. The Balaban J connectivity index is 1.94. The van der Waals surface area contributed by atoms with Crippen LogP contribution in [-0.2, 0) is 4.79 Å². The smallest absolute Gasteiger partial charge is 0.237 e. The average molecular weight is 206 g/mol. The third kappa shape index (κ3) is 1.44. The molecule has 2 atom stereocenters. The minimum atomic E-state index is 0.107. The molecule has 2 saturated heterocycles. The van der Waals surface area contributed by atoms with Crippen molar-refractivity contribution in [2.75, 3.05) is 30.5 Å². The highest BCUT2D eigenvalue weighted by Crippen LogP contribution is 2.35. The van der Waals surface area contributed by atoms with Gasteiger partial charge in [0.1, 0.15) is 5.88 Å². The number of alkyl halides is 1. The first-order valence-electron chi connectivity index (χ1n) is 4.22. The summed E-state index contributed by atoms with van der Waals surface area (Å²) < 4.78 is 0. The van der Waals surface area contributed by atoms with Crippen LogP contribution < -0.4 is 0 Å². The molecule has 0 bridgehead atoms. The fourth-order valence-corrected chi connectivity index (χ4v) is 3.64. The van der Waals surface area contributed by atoms with Gasteiger partial charge in [0, 0.05) is 13.1 Å². The largest absolute Gasteiger partial charge is 0.341 e. The Morgan fingerprint density at radius 3 is 2.50 bits per heavy atom. The quantitative estimate of drug-likeness (QED) is 0.597. The predicted molar refractivity (Wildman–Crippen MR) is 51.6 cm³/mol. The number of nitrogens with zero attached hydrogens (tertiary/aromatic N) is 1. The maximum absolute atomic E-state index is 11.2. The maximum atomic E-state index is 11.2. The van der Waals surface area contributed by atoms with Crippen LogP contribution in [0.1, 0.15) is 0 Å². The average Bonchev–Trinajstić information content (AvgIpc) is 2.60. The summed E-state index contributed by atoms with van der Waals surface area (Å²) in [4.78, 5) is 13.2. The first-order chi connectivity index (χ1) is 5.81. The third-order valence-electron chi connectivity index (χ3n) is 2.71. The Labute approximate surface area is 81.6 Å². The normalized spacial score (nSPS) is 33.9. The highest BCUT2D eigenvalue weighted by Gasteiger charge is 2.37. The standard InChI is InChI=1S/C8H12ClNOS/c9-1-8(11)10-2-6-4-12-5-7(6)3-10/h6-7H,1-5H2/t6-,7+. The molecule has 2 heterocycles. The molecule has 68 valence electrons. The van der Waals surface area contributed by atoms with Crippen LogP contribution in [0.4, 0.5) is 0 Å². The van der Waals surface area contributed by atoms with E-state index in [0.717, 1.165) is 24.9 Å². The number of carbonyl (C=O) groups is 1. The van der Waals surface area contributed by atoms with Crippen molar-refractivity contribution < 1.29 is 4.79 Å². The van der Waals surface area contributed by atoms with Crippen molar-refractivity contribution in [3.63, 3.8) is 0 Å². The molecule has 2 fully saturated rings. The van der Waals surface area contributed by atoms with E-state index in [4.69, 9.17) is 11.6 Å². The van der Waals surface area contributed by atoms with E-state index in [1.54, 1.807) is 0 Å². The lowest BCUT2D eigenvalue weighted by molar-refractivity contribution is -0.127. The zero-order valence-electron chi connectivity index (χ0n) is 6.83. The highest BCUT2D eigenvalue weighted by atomic mass is 35.5. The SMILES string of the molecule is O=C(CCl)N1C[C@H]2CSC[C@H]2C1. The van der Waals surface area contributed by atoms with Crippen LogP contribution in [0.15, 0.2) is 0 Å². The van der Waals surface area contributed by atoms with Crippen LogP contribution in [0.2, 0.25) is 0 Å². The van der Waals surface area contributed by atoms with E-state index in [1.165, 1.54) is 11.5 Å². The lowest BCUT2D eigenvalue weighted by atomic mass is 10.0. The molecule has 2 aliphatic rings. The number of fused-ring (bicyclic) bond motifs is 1. The Hall–Kier alpha value is 0.110. The molecule has 2 rings (SSSR count). The molecule has 0 aliphatic carbocycles. The summed E-state index contributed by atoms with van der Waals surface area (Å²) in [5.74, 6) is 4.22. The zero-order chi connectivity index (χ0) is 8.55. The number of amides is 1. The molecule has 2 aliphatic heterocycles. The van der Waals surface area contributed by atoms with Crippen LogP contribution in [-0.4, -0.2) is 41.3 Å². The van der Waals surface area contributed by atoms with Crippen molar-refractivity contribution in [1.82, 2.24) is 4.90 Å². The van der Waals surface area contributed by atoms with Gasteiger partial charge in [0.15, 0.2) is 0 Å². The second kappa shape index (κ2) is 3.46. The second-order valence-corrected chi connectivity index (χ2v) is 4.83. The summed E-state index contributed by atoms with van der Waals surface area (Å²) in [6.45, 7) is 1.90. The minimum absolute atomic E-state index is 0.107. The monoisotopic (exact) mass is 205 g/mol. The number of rotatable bonds is 1. The summed E-state index contributed by atoms with van der Waals surface area (Å²) in [6.07, 6.45) is 0. The van der Waals surface area contributed by atoms with E-state index in [1.807, 2.05) is 16.7 Å². The number of hydrogen-bond acceptors (Lipinski definition) is 2. The van der Waals surface area contributed by atoms with Crippen LogP contribution >= 0.6 is 23.4 Å². The second-order valence-electron chi connectivity index (χ2n) is 3.49. The predicted octanol–water partition coefficient (Wildman–Crippen LogP) is 1.05. The van der Waals surface area contributed by atoms with E-state index in [0.29, 0.717) is 0 Å². The van der Waals surface area contributed by atoms with Gasteiger partial charge in [0.2, 0.25) is 5.91 Å². The molecular weight excluding hydrogens is 194 g/mol. The van der Waals surface area contributed by atoms with Gasteiger partial charge in [0.05, 0.1) is 0 Å². The van der Waals surface area contributed by atoms with E-state index < -0.39 is 0 Å². The van der Waals surface area contributed by atoms with E-state index in [9.17, 15) is 4.79 Å². The highest BCUT2D eigenvalue weighted by molar-refractivity contribution is 7.99. The molecule has 0 unspecified atom stereocenters. The van der Waals surface area contributed by atoms with Gasteiger partial charge in [-0.25, -0.2) is 0 Å². The maximum Gasteiger partial charge on any atom is 0.237 e. The molecule has 12 heavy (non-hydrogen) atoms. The Kier molecular flexibility index (Phi) is 2.51. The number of thioether (sulfide) groups is 1. The minimum Gasteiger partial charge on any atom is -0.341 e. The van der Waals surface area contributed by atoms with Crippen LogP contribution in [0, 0.1) is 11.8 Å². The first kappa shape index (κ1) is 8.70. The Morgan fingerprint density at radius 1 is 1.42 bits per heavy atom. The van der Waals surface area contributed by atoms with Crippen LogP contribution in [0.3, 0.4) is 0 Å². The van der Waals surface area contributed by atoms with Gasteiger partial charge in [-0.05, 0) is 23.3 Å². The van der Waals surface area contributed by atoms with Crippen molar-refractivity contribution in [3.8, 4) is 0 Å². The molecule has 0 saturated carbocycles. The topological polar surface area (TPSA) is 20.3 Å². The molecule has 0 aromatic carbocycles.